The molecule has 0 aliphatic carbocycles. The van der Waals surface area contributed by atoms with Crippen LogP contribution in [-0.2, 0) is 23.2 Å². The Morgan fingerprint density at radius 2 is 1.85 bits per heavy atom. The highest BCUT2D eigenvalue weighted by molar-refractivity contribution is 7.54. The summed E-state index contributed by atoms with van der Waals surface area (Å²) in [5.41, 5.74) is 0.603. The fourth-order valence-electron chi connectivity index (χ4n) is 2.48. The number of hydrogen-bond donors (Lipinski definition) is 2. The predicted molar refractivity (Wildman–Crippen MR) is 102 cm³/mol. The molecule has 0 radical (unpaired) electrons. The summed E-state index contributed by atoms with van der Waals surface area (Å²) in [5.74, 6) is -2.11. The van der Waals surface area contributed by atoms with Crippen LogP contribution in [0.3, 0.4) is 0 Å². The van der Waals surface area contributed by atoms with E-state index in [9.17, 15) is 19.3 Å². The lowest BCUT2D eigenvalue weighted by Crippen LogP contribution is -2.45. The normalized spacial score (nSPS) is 13.7. The number of carboxylic acids is 1. The molecule has 2 atom stereocenters. The van der Waals surface area contributed by atoms with Crippen LogP contribution < -0.4 is 10.1 Å². The van der Waals surface area contributed by atoms with E-state index in [1.807, 2.05) is 0 Å². The molecule has 1 aromatic rings. The first-order chi connectivity index (χ1) is 12.7. The van der Waals surface area contributed by atoms with E-state index in [1.54, 1.807) is 39.0 Å². The van der Waals surface area contributed by atoms with Crippen LogP contribution in [0.5, 0.6) is 5.75 Å². The molecule has 10 heteroatoms. The molecule has 0 aliphatic heterocycles. The highest BCUT2D eigenvalue weighted by Gasteiger charge is 2.33. The zero-order valence-corrected chi connectivity index (χ0v) is 17.4. The Balaban J connectivity index is 2.95. The number of benzene rings is 1. The molecule has 0 fully saturated rings. The van der Waals surface area contributed by atoms with Crippen LogP contribution in [0, 0.1) is 0 Å². The predicted octanol–water partition coefficient (Wildman–Crippen LogP) is 3.29. The van der Waals surface area contributed by atoms with Crippen LogP contribution in [0.2, 0.25) is 5.02 Å². The van der Waals surface area contributed by atoms with Gasteiger partial charge in [0.25, 0.3) is 0 Å². The summed E-state index contributed by atoms with van der Waals surface area (Å²) in [5, 5.41) is 12.2. The van der Waals surface area contributed by atoms with Gasteiger partial charge in [-0.3, -0.25) is 9.36 Å². The molecule has 0 heterocycles. The van der Waals surface area contributed by atoms with E-state index >= 15 is 0 Å². The zero-order valence-electron chi connectivity index (χ0n) is 15.7. The molecule has 152 valence electrons. The SMILES string of the molecule is CCOP(=O)(CC(=O)NC(C(=O)O)C(C)c1ccc(OC)c(Cl)c1)OCC. The fourth-order valence-corrected chi connectivity index (χ4v) is 4.23. The zero-order chi connectivity index (χ0) is 20.6. The average Bonchev–Trinajstić information content (AvgIpc) is 2.59. The van der Waals surface area contributed by atoms with E-state index in [2.05, 4.69) is 5.32 Å². The van der Waals surface area contributed by atoms with E-state index in [-0.39, 0.29) is 13.2 Å². The average molecular weight is 422 g/mol. The summed E-state index contributed by atoms with van der Waals surface area (Å²) in [6, 6.07) is 3.62. The smallest absolute Gasteiger partial charge is 0.340 e. The summed E-state index contributed by atoms with van der Waals surface area (Å²) in [6.45, 7) is 5.10. The van der Waals surface area contributed by atoms with Gasteiger partial charge in [0.15, 0.2) is 0 Å². The number of rotatable bonds is 11. The maximum absolute atomic E-state index is 12.4. The maximum Gasteiger partial charge on any atom is 0.340 e. The van der Waals surface area contributed by atoms with Crippen molar-refractivity contribution in [2.75, 3.05) is 26.5 Å². The number of aliphatic carboxylic acids is 1. The molecular formula is C17H25ClNO7P. The lowest BCUT2D eigenvalue weighted by atomic mass is 9.93. The van der Waals surface area contributed by atoms with E-state index < -0.39 is 37.6 Å². The van der Waals surface area contributed by atoms with Gasteiger partial charge in [-0.15, -0.1) is 0 Å². The summed E-state index contributed by atoms with van der Waals surface area (Å²) in [7, 11) is -2.15. The number of carbonyl (C=O) groups excluding carboxylic acids is 1. The van der Waals surface area contributed by atoms with Crippen molar-refractivity contribution in [3.05, 3.63) is 28.8 Å². The van der Waals surface area contributed by atoms with Crippen molar-refractivity contribution in [2.45, 2.75) is 32.7 Å². The summed E-state index contributed by atoms with van der Waals surface area (Å²) < 4.78 is 27.6. The number of carbonyl (C=O) groups is 2. The van der Waals surface area contributed by atoms with Gasteiger partial charge in [0, 0.05) is 5.92 Å². The number of amides is 1. The van der Waals surface area contributed by atoms with Gasteiger partial charge < -0.3 is 24.2 Å². The van der Waals surface area contributed by atoms with Crippen molar-refractivity contribution in [3.8, 4) is 5.75 Å². The third-order valence-electron chi connectivity index (χ3n) is 3.77. The third-order valence-corrected chi connectivity index (χ3v) is 6.05. The third kappa shape index (κ3) is 6.81. The van der Waals surface area contributed by atoms with Crippen LogP contribution >= 0.6 is 19.2 Å². The first kappa shape index (κ1) is 23.4. The molecule has 0 spiro atoms. The Labute approximate surface area is 163 Å². The van der Waals surface area contributed by atoms with Crippen molar-refractivity contribution < 1.29 is 33.0 Å². The molecule has 1 amide bonds. The topological polar surface area (TPSA) is 111 Å². The molecule has 0 aliphatic rings. The van der Waals surface area contributed by atoms with Crippen LogP contribution in [0.1, 0.15) is 32.3 Å². The minimum Gasteiger partial charge on any atom is -0.495 e. The quantitative estimate of drug-likeness (QED) is 0.527. The van der Waals surface area contributed by atoms with Crippen LogP contribution in [-0.4, -0.2) is 49.5 Å². The number of carboxylic acid groups (broad SMARTS) is 1. The van der Waals surface area contributed by atoms with Gasteiger partial charge in [-0.25, -0.2) is 4.79 Å². The van der Waals surface area contributed by atoms with Gasteiger partial charge in [0.2, 0.25) is 5.91 Å². The van der Waals surface area contributed by atoms with Crippen molar-refractivity contribution >= 4 is 31.1 Å². The molecule has 0 bridgehead atoms. The number of methoxy groups -OCH3 is 1. The molecule has 0 aromatic heterocycles. The van der Waals surface area contributed by atoms with Crippen LogP contribution in [0.15, 0.2) is 18.2 Å². The van der Waals surface area contributed by atoms with Gasteiger partial charge >= 0.3 is 13.6 Å². The Kier molecular flexibility index (Phi) is 9.26. The van der Waals surface area contributed by atoms with E-state index in [1.165, 1.54) is 7.11 Å². The Morgan fingerprint density at radius 3 is 2.30 bits per heavy atom. The number of ether oxygens (including phenoxy) is 1. The van der Waals surface area contributed by atoms with Gasteiger partial charge in [-0.2, -0.15) is 0 Å². The van der Waals surface area contributed by atoms with Crippen molar-refractivity contribution in [3.63, 3.8) is 0 Å². The highest BCUT2D eigenvalue weighted by Crippen LogP contribution is 2.47. The molecule has 27 heavy (non-hydrogen) atoms. The Morgan fingerprint density at radius 1 is 1.26 bits per heavy atom. The van der Waals surface area contributed by atoms with Crippen LogP contribution in [0.4, 0.5) is 0 Å². The first-order valence-electron chi connectivity index (χ1n) is 8.41. The van der Waals surface area contributed by atoms with E-state index in [0.717, 1.165) is 0 Å². The lowest BCUT2D eigenvalue weighted by molar-refractivity contribution is -0.142. The highest BCUT2D eigenvalue weighted by atomic mass is 35.5. The fraction of sp³-hybridized carbons (Fsp3) is 0.529. The standard InChI is InChI=1S/C17H25ClNO7P/c1-5-25-27(23,26-6-2)10-15(20)19-16(17(21)22)11(3)12-7-8-14(24-4)13(18)9-12/h7-9,11,16H,5-6,10H2,1-4H3,(H,19,20)(H,21,22). The maximum atomic E-state index is 12.4. The van der Waals surface area contributed by atoms with Gasteiger partial charge in [0.1, 0.15) is 18.0 Å². The summed E-state index contributed by atoms with van der Waals surface area (Å²) in [6.07, 6.45) is -0.561. The molecule has 1 aromatic carbocycles. The first-order valence-corrected chi connectivity index (χ1v) is 10.5. The number of nitrogens with one attached hydrogen (secondary N) is 1. The second kappa shape index (κ2) is 10.7. The van der Waals surface area contributed by atoms with Crippen molar-refractivity contribution in [1.82, 2.24) is 5.32 Å². The summed E-state index contributed by atoms with van der Waals surface area (Å²) in [4.78, 5) is 23.9. The summed E-state index contributed by atoms with van der Waals surface area (Å²) >= 11 is 6.09. The Bertz CT molecular complexity index is 703. The molecular weight excluding hydrogens is 397 g/mol. The van der Waals surface area contributed by atoms with Gasteiger partial charge in [0.05, 0.1) is 25.3 Å². The van der Waals surface area contributed by atoms with E-state index in [0.29, 0.717) is 16.3 Å². The Hall–Kier alpha value is -1.60. The monoisotopic (exact) mass is 421 g/mol. The second-order valence-electron chi connectivity index (χ2n) is 5.67. The molecule has 8 nitrogen and oxygen atoms in total. The molecule has 1 rings (SSSR count). The molecule has 2 unspecified atom stereocenters. The molecule has 2 N–H and O–H groups in total. The minimum absolute atomic E-state index is 0.105. The largest absolute Gasteiger partial charge is 0.495 e. The van der Waals surface area contributed by atoms with Crippen LogP contribution in [0.25, 0.3) is 0 Å². The molecule has 0 saturated heterocycles. The second-order valence-corrected chi connectivity index (χ2v) is 8.13. The number of hydrogen-bond acceptors (Lipinski definition) is 6. The van der Waals surface area contributed by atoms with Crippen molar-refractivity contribution in [2.24, 2.45) is 0 Å². The van der Waals surface area contributed by atoms with E-state index in [4.69, 9.17) is 25.4 Å². The lowest BCUT2D eigenvalue weighted by Gasteiger charge is -2.23. The molecule has 0 saturated carbocycles. The van der Waals surface area contributed by atoms with Crippen molar-refractivity contribution in [1.29, 1.82) is 0 Å². The van der Waals surface area contributed by atoms with Gasteiger partial charge in [-0.1, -0.05) is 24.6 Å². The van der Waals surface area contributed by atoms with Gasteiger partial charge in [-0.05, 0) is 31.5 Å². The number of halogens is 1. The minimum atomic E-state index is -3.63.